The van der Waals surface area contributed by atoms with E-state index in [-0.39, 0.29) is 25.7 Å². The molecule has 0 saturated carbocycles. The maximum Gasteiger partial charge on any atom is 0.472 e. The maximum atomic E-state index is 13.0. The Bertz CT molecular complexity index is 1650. The summed E-state index contributed by atoms with van der Waals surface area (Å²) >= 11 is 0. The highest BCUT2D eigenvalue weighted by molar-refractivity contribution is 7.47. The van der Waals surface area contributed by atoms with Gasteiger partial charge in [0.2, 0.25) is 0 Å². The lowest BCUT2D eigenvalue weighted by Gasteiger charge is -2.21. The van der Waals surface area contributed by atoms with E-state index in [1.165, 1.54) is 116 Å². The zero-order valence-electron chi connectivity index (χ0n) is 53.6. The molecule has 0 radical (unpaired) electrons. The van der Waals surface area contributed by atoms with Crippen LogP contribution >= 0.6 is 15.6 Å². The molecule has 0 rings (SSSR count). The summed E-state index contributed by atoms with van der Waals surface area (Å²) in [5.41, 5.74) is 0. The predicted molar refractivity (Wildman–Crippen MR) is 331 cm³/mol. The third-order valence-electron chi connectivity index (χ3n) is 15.0. The number of phosphoric acid groups is 2. The third kappa shape index (κ3) is 57.6. The van der Waals surface area contributed by atoms with Crippen molar-refractivity contribution in [2.75, 3.05) is 39.6 Å². The molecule has 0 fully saturated rings. The number of unbranched alkanes of at least 4 members (excludes halogenated alkanes) is 29. The standard InChI is InChI=1S/C64H124O17P2/c1-8-10-11-28-38-45-61(66)74-51-59(81-64(69)48-41-34-27-26-31-37-44-57(7)9-2)53-78-82(70,71)76-49-58(65)50-77-83(72,73)79-54-60(52-75-62(67)46-39-32-24-21-17-19-23-30-36-43-56(5)6)80-63(68)47-40-33-25-20-16-14-12-13-15-18-22-29-35-42-55(3)4/h55-60,65H,8-54H2,1-7H3,(H,70,71)(H,72,73)/t57?,58-,59+,60+/m0/s1. The van der Waals surface area contributed by atoms with E-state index in [1.807, 2.05) is 0 Å². The van der Waals surface area contributed by atoms with E-state index in [2.05, 4.69) is 48.5 Å². The molecule has 0 aromatic rings. The molecular formula is C64H124O17P2. The second-order valence-electron chi connectivity index (χ2n) is 24.3. The molecule has 0 amide bonds. The van der Waals surface area contributed by atoms with Gasteiger partial charge in [-0.3, -0.25) is 37.3 Å². The van der Waals surface area contributed by atoms with Gasteiger partial charge in [-0.05, 0) is 43.4 Å². The van der Waals surface area contributed by atoms with Gasteiger partial charge in [-0.25, -0.2) is 9.13 Å². The molecule has 492 valence electrons. The molecule has 6 atom stereocenters. The summed E-state index contributed by atoms with van der Waals surface area (Å²) in [5, 5.41) is 10.5. The molecule has 0 aromatic heterocycles. The fourth-order valence-electron chi connectivity index (χ4n) is 9.45. The Morgan fingerprint density at radius 2 is 0.614 bits per heavy atom. The third-order valence-corrected chi connectivity index (χ3v) is 16.9. The Balaban J connectivity index is 5.18. The summed E-state index contributed by atoms with van der Waals surface area (Å²) in [4.78, 5) is 72.0. The second-order valence-corrected chi connectivity index (χ2v) is 27.3. The SMILES string of the molecule is CCCCCCCC(=O)OC[C@H](COP(=O)(O)OC[C@H](O)COP(=O)(O)OC[C@@H](COC(=O)CCCCCCCCCCCC(C)C)OC(=O)CCCCCCCCCCCCCCCC(C)C)OC(=O)CCCCCCCCC(C)CC. The number of carbonyl (C=O) groups is 4. The molecule has 3 N–H and O–H groups in total. The average Bonchev–Trinajstić information content (AvgIpc) is 3.44. The Morgan fingerprint density at radius 3 is 0.916 bits per heavy atom. The number of carbonyl (C=O) groups excluding carboxylic acids is 4. The summed E-state index contributed by atoms with van der Waals surface area (Å²) in [6.45, 7) is 11.7. The molecule has 0 saturated heterocycles. The highest BCUT2D eigenvalue weighted by Crippen LogP contribution is 2.45. The molecule has 0 aliphatic heterocycles. The molecule has 83 heavy (non-hydrogen) atoms. The van der Waals surface area contributed by atoms with Crippen LogP contribution in [0.3, 0.4) is 0 Å². The molecule has 0 aromatic carbocycles. The summed E-state index contributed by atoms with van der Waals surface area (Å²) in [6.07, 6.45) is 36.6. The van der Waals surface area contributed by atoms with Crippen molar-refractivity contribution in [2.24, 2.45) is 17.8 Å². The van der Waals surface area contributed by atoms with Crippen molar-refractivity contribution in [2.45, 2.75) is 330 Å². The topological polar surface area (TPSA) is 237 Å². The van der Waals surface area contributed by atoms with Crippen molar-refractivity contribution in [1.29, 1.82) is 0 Å². The monoisotopic (exact) mass is 1230 g/mol. The van der Waals surface area contributed by atoms with E-state index in [0.717, 1.165) is 114 Å². The van der Waals surface area contributed by atoms with Gasteiger partial charge in [0.1, 0.15) is 19.3 Å². The summed E-state index contributed by atoms with van der Waals surface area (Å²) in [5.74, 6) is 0.103. The number of ether oxygens (including phenoxy) is 4. The number of phosphoric ester groups is 2. The van der Waals surface area contributed by atoms with Crippen LogP contribution in [0.15, 0.2) is 0 Å². The van der Waals surface area contributed by atoms with Gasteiger partial charge in [-0.1, -0.05) is 260 Å². The van der Waals surface area contributed by atoms with Crippen molar-refractivity contribution < 1.29 is 80.2 Å². The van der Waals surface area contributed by atoms with Gasteiger partial charge in [0, 0.05) is 25.7 Å². The fraction of sp³-hybridized carbons (Fsp3) is 0.938. The van der Waals surface area contributed by atoms with Gasteiger partial charge in [0.15, 0.2) is 12.2 Å². The van der Waals surface area contributed by atoms with Crippen LogP contribution in [0.5, 0.6) is 0 Å². The van der Waals surface area contributed by atoms with Crippen LogP contribution in [0.4, 0.5) is 0 Å². The van der Waals surface area contributed by atoms with Crippen LogP contribution in [-0.4, -0.2) is 96.7 Å². The normalized spacial score (nSPS) is 14.7. The largest absolute Gasteiger partial charge is 0.472 e. The Labute approximate surface area is 505 Å². The van der Waals surface area contributed by atoms with E-state index < -0.39 is 97.5 Å². The van der Waals surface area contributed by atoms with Crippen molar-refractivity contribution in [3.8, 4) is 0 Å². The van der Waals surface area contributed by atoms with Gasteiger partial charge in [-0.2, -0.15) is 0 Å². The number of aliphatic hydroxyl groups excluding tert-OH is 1. The summed E-state index contributed by atoms with van der Waals surface area (Å²) < 4.78 is 67.8. The molecule has 0 aliphatic rings. The first-order valence-corrected chi connectivity index (χ1v) is 36.4. The second kappa shape index (κ2) is 55.4. The predicted octanol–water partition coefficient (Wildman–Crippen LogP) is 17.5. The quantitative estimate of drug-likeness (QED) is 0.0222. The highest BCUT2D eigenvalue weighted by Gasteiger charge is 2.30. The average molecular weight is 1230 g/mol. The lowest BCUT2D eigenvalue weighted by molar-refractivity contribution is -0.161. The Kier molecular flexibility index (Phi) is 54.1. The van der Waals surface area contributed by atoms with E-state index in [1.54, 1.807) is 0 Å². The van der Waals surface area contributed by atoms with Crippen molar-refractivity contribution in [1.82, 2.24) is 0 Å². The highest BCUT2D eigenvalue weighted by atomic mass is 31.2. The van der Waals surface area contributed by atoms with Crippen LogP contribution < -0.4 is 0 Å². The van der Waals surface area contributed by atoms with Gasteiger partial charge >= 0.3 is 39.5 Å². The molecular weight excluding hydrogens is 1100 g/mol. The number of esters is 4. The minimum absolute atomic E-state index is 0.102. The van der Waals surface area contributed by atoms with Gasteiger partial charge < -0.3 is 33.8 Å². The van der Waals surface area contributed by atoms with Gasteiger partial charge in [0.25, 0.3) is 0 Å². The van der Waals surface area contributed by atoms with E-state index in [4.69, 9.17) is 37.0 Å². The van der Waals surface area contributed by atoms with E-state index in [0.29, 0.717) is 25.7 Å². The van der Waals surface area contributed by atoms with Crippen LogP contribution in [0.1, 0.15) is 312 Å². The number of aliphatic hydroxyl groups is 1. The number of hydrogen-bond donors (Lipinski definition) is 3. The molecule has 0 spiro atoms. The van der Waals surface area contributed by atoms with Crippen molar-refractivity contribution in [3.05, 3.63) is 0 Å². The van der Waals surface area contributed by atoms with Crippen LogP contribution in [0.2, 0.25) is 0 Å². The number of hydrogen-bond acceptors (Lipinski definition) is 15. The zero-order chi connectivity index (χ0) is 61.7. The number of rotatable bonds is 62. The first-order chi connectivity index (χ1) is 39.8. The van der Waals surface area contributed by atoms with Crippen LogP contribution in [0, 0.1) is 17.8 Å². The molecule has 0 aliphatic carbocycles. The fourth-order valence-corrected chi connectivity index (χ4v) is 11.0. The minimum Gasteiger partial charge on any atom is -0.462 e. The van der Waals surface area contributed by atoms with Gasteiger partial charge in [-0.15, -0.1) is 0 Å². The van der Waals surface area contributed by atoms with E-state index >= 15 is 0 Å². The lowest BCUT2D eigenvalue weighted by Crippen LogP contribution is -2.30. The molecule has 0 heterocycles. The minimum atomic E-state index is -4.94. The van der Waals surface area contributed by atoms with Gasteiger partial charge in [0.05, 0.1) is 26.4 Å². The van der Waals surface area contributed by atoms with Crippen molar-refractivity contribution in [3.63, 3.8) is 0 Å². The van der Waals surface area contributed by atoms with E-state index in [9.17, 15) is 43.2 Å². The first kappa shape index (κ1) is 81.1. The molecule has 3 unspecified atom stereocenters. The Hall–Kier alpha value is -1.94. The zero-order valence-corrected chi connectivity index (χ0v) is 55.4. The molecule has 0 bridgehead atoms. The van der Waals surface area contributed by atoms with Crippen LogP contribution in [-0.2, 0) is 65.4 Å². The molecule has 19 heteroatoms. The smallest absolute Gasteiger partial charge is 0.462 e. The summed E-state index contributed by atoms with van der Waals surface area (Å²) in [7, 11) is -9.88. The lowest BCUT2D eigenvalue weighted by atomic mass is 10.00. The Morgan fingerprint density at radius 1 is 0.349 bits per heavy atom. The van der Waals surface area contributed by atoms with Crippen molar-refractivity contribution >= 4 is 39.5 Å². The maximum absolute atomic E-state index is 13.0. The summed E-state index contributed by atoms with van der Waals surface area (Å²) in [6, 6.07) is 0. The molecule has 17 nitrogen and oxygen atoms in total. The van der Waals surface area contributed by atoms with Crippen LogP contribution in [0.25, 0.3) is 0 Å². The first-order valence-electron chi connectivity index (χ1n) is 33.4.